The highest BCUT2D eigenvalue weighted by Gasteiger charge is 2.30. The van der Waals surface area contributed by atoms with Gasteiger partial charge in [0.1, 0.15) is 0 Å². The highest BCUT2D eigenvalue weighted by molar-refractivity contribution is 9.10. The molecule has 0 aromatic heterocycles. The number of ether oxygens (including phenoxy) is 3. The first-order chi connectivity index (χ1) is 16.2. The van der Waals surface area contributed by atoms with Crippen LogP contribution in [0.25, 0.3) is 6.08 Å². The number of hydrogen-bond acceptors (Lipinski definition) is 8. The number of amides is 1. The Hall–Kier alpha value is -3.31. The molecule has 11 heteroatoms. The Morgan fingerprint density at radius 1 is 1.26 bits per heavy atom. The number of hydrogen-bond donors (Lipinski definition) is 1. The van der Waals surface area contributed by atoms with Gasteiger partial charge in [-0.2, -0.15) is 0 Å². The summed E-state index contributed by atoms with van der Waals surface area (Å²) in [5, 5.41) is 9.30. The smallest absolute Gasteiger partial charge is 0.341 e. The molecule has 1 aliphatic rings. The van der Waals surface area contributed by atoms with Gasteiger partial charge in [-0.15, -0.1) is 0 Å². The number of esters is 1. The van der Waals surface area contributed by atoms with Crippen LogP contribution in [-0.2, 0) is 14.3 Å². The van der Waals surface area contributed by atoms with Gasteiger partial charge in [0.15, 0.2) is 23.3 Å². The van der Waals surface area contributed by atoms with Crippen molar-refractivity contribution in [2.24, 2.45) is 4.99 Å². The normalized spacial score (nSPS) is 15.6. The number of carboxylic acid groups (broad SMARTS) is 1. The summed E-state index contributed by atoms with van der Waals surface area (Å²) < 4.78 is 16.1. The molecule has 2 aromatic carbocycles. The Balaban J connectivity index is 1.88. The number of thioether (sulfide) groups is 1. The van der Waals surface area contributed by atoms with E-state index in [0.717, 1.165) is 0 Å². The molecule has 0 saturated carbocycles. The predicted octanol–water partition coefficient (Wildman–Crippen LogP) is 4.33. The van der Waals surface area contributed by atoms with Gasteiger partial charge in [0.25, 0.3) is 5.91 Å². The van der Waals surface area contributed by atoms with E-state index < -0.39 is 18.5 Å². The lowest BCUT2D eigenvalue weighted by Crippen LogP contribution is -2.23. The third-order valence-electron chi connectivity index (χ3n) is 4.48. The van der Waals surface area contributed by atoms with E-state index in [1.54, 1.807) is 56.4 Å². The lowest BCUT2D eigenvalue weighted by atomic mass is 10.2. The number of halogens is 1. The van der Waals surface area contributed by atoms with Gasteiger partial charge in [-0.3, -0.25) is 9.69 Å². The minimum absolute atomic E-state index is 0.244. The zero-order valence-corrected chi connectivity index (χ0v) is 20.9. The van der Waals surface area contributed by atoms with E-state index >= 15 is 0 Å². The lowest BCUT2D eigenvalue weighted by molar-refractivity contribution is -0.139. The van der Waals surface area contributed by atoms with Crippen LogP contribution in [0.15, 0.2) is 50.8 Å². The fourth-order valence-corrected chi connectivity index (χ4v) is 4.49. The van der Waals surface area contributed by atoms with E-state index in [0.29, 0.717) is 37.1 Å². The summed E-state index contributed by atoms with van der Waals surface area (Å²) in [4.78, 5) is 42.0. The quantitative estimate of drug-likeness (QED) is 0.382. The molecule has 0 aliphatic carbocycles. The Labute approximate surface area is 208 Å². The van der Waals surface area contributed by atoms with Crippen molar-refractivity contribution >= 4 is 62.5 Å². The van der Waals surface area contributed by atoms with Crippen LogP contribution in [0, 0.1) is 0 Å². The molecule has 0 spiro atoms. The maximum atomic E-state index is 12.8. The molecule has 34 heavy (non-hydrogen) atoms. The summed E-state index contributed by atoms with van der Waals surface area (Å²) in [7, 11) is 3.05. The molecule has 1 N–H and O–H groups in total. The number of amidine groups is 1. The SMILES string of the molecule is CCOC(=O)c1cccc(N=C2SC(=Cc3cc(Br)c(OCC(=O)O)c(OC)c3)C(=O)N2C)c1. The maximum absolute atomic E-state index is 12.8. The van der Waals surface area contributed by atoms with Gasteiger partial charge in [-0.05, 0) is 76.6 Å². The molecular formula is C23H21BrN2O7S. The number of carbonyl (C=O) groups is 3. The second-order valence-corrected chi connectivity index (χ2v) is 8.72. The van der Waals surface area contributed by atoms with Crippen molar-refractivity contribution in [1.82, 2.24) is 4.90 Å². The third-order valence-corrected chi connectivity index (χ3v) is 6.12. The van der Waals surface area contributed by atoms with E-state index in [9.17, 15) is 14.4 Å². The molecule has 0 atom stereocenters. The summed E-state index contributed by atoms with van der Waals surface area (Å²) in [6.45, 7) is 1.48. The van der Waals surface area contributed by atoms with Crippen LogP contribution in [0.2, 0.25) is 0 Å². The van der Waals surface area contributed by atoms with Gasteiger partial charge in [0.2, 0.25) is 0 Å². The number of nitrogens with zero attached hydrogens (tertiary/aromatic N) is 2. The molecule has 9 nitrogen and oxygen atoms in total. The van der Waals surface area contributed by atoms with Crippen molar-refractivity contribution in [3.05, 3.63) is 56.9 Å². The van der Waals surface area contributed by atoms with Crippen molar-refractivity contribution in [3.8, 4) is 11.5 Å². The van der Waals surface area contributed by atoms with Crippen LogP contribution in [-0.4, -0.2) is 60.4 Å². The summed E-state index contributed by atoms with van der Waals surface area (Å²) in [6, 6.07) is 10.00. The van der Waals surface area contributed by atoms with Crippen LogP contribution in [0.1, 0.15) is 22.8 Å². The number of aliphatic carboxylic acids is 1. The summed E-state index contributed by atoms with van der Waals surface area (Å²) in [6.07, 6.45) is 1.68. The Morgan fingerprint density at radius 2 is 2.03 bits per heavy atom. The molecule has 2 aromatic rings. The van der Waals surface area contributed by atoms with Crippen molar-refractivity contribution in [3.63, 3.8) is 0 Å². The van der Waals surface area contributed by atoms with Crippen LogP contribution >= 0.6 is 27.7 Å². The average molecular weight is 549 g/mol. The molecule has 1 fully saturated rings. The fraction of sp³-hybridized carbons (Fsp3) is 0.217. The van der Waals surface area contributed by atoms with E-state index in [1.165, 1.54) is 23.8 Å². The Morgan fingerprint density at radius 3 is 2.71 bits per heavy atom. The van der Waals surface area contributed by atoms with Crippen LogP contribution < -0.4 is 9.47 Å². The fourth-order valence-electron chi connectivity index (χ4n) is 2.93. The highest BCUT2D eigenvalue weighted by Crippen LogP contribution is 2.39. The molecule has 178 valence electrons. The predicted molar refractivity (Wildman–Crippen MR) is 132 cm³/mol. The van der Waals surface area contributed by atoms with Crippen molar-refractivity contribution in [1.29, 1.82) is 0 Å². The van der Waals surface area contributed by atoms with Gasteiger partial charge in [-0.25, -0.2) is 14.6 Å². The lowest BCUT2D eigenvalue weighted by Gasteiger charge is -2.12. The standard InChI is InChI=1S/C23H21BrN2O7S/c1-4-32-22(30)14-6-5-7-15(11-14)25-23-26(2)21(29)18(34-23)10-13-8-16(24)20(17(9-13)31-3)33-12-19(27)28/h5-11H,4,12H2,1-3H3,(H,27,28). The van der Waals surface area contributed by atoms with E-state index in [4.69, 9.17) is 19.3 Å². The minimum atomic E-state index is -1.12. The molecule has 1 heterocycles. The van der Waals surface area contributed by atoms with Crippen LogP contribution in [0.5, 0.6) is 11.5 Å². The zero-order valence-electron chi connectivity index (χ0n) is 18.5. The maximum Gasteiger partial charge on any atom is 0.341 e. The van der Waals surface area contributed by atoms with E-state index in [-0.39, 0.29) is 18.3 Å². The third kappa shape index (κ3) is 5.97. The molecule has 1 amide bonds. The van der Waals surface area contributed by atoms with Crippen molar-refractivity contribution in [2.75, 3.05) is 27.4 Å². The van der Waals surface area contributed by atoms with Crippen molar-refractivity contribution in [2.45, 2.75) is 6.92 Å². The van der Waals surface area contributed by atoms with Crippen molar-refractivity contribution < 1.29 is 33.7 Å². The first-order valence-corrected chi connectivity index (χ1v) is 11.6. The summed E-state index contributed by atoms with van der Waals surface area (Å²) in [5.41, 5.74) is 1.53. The molecule has 0 radical (unpaired) electrons. The summed E-state index contributed by atoms with van der Waals surface area (Å²) >= 11 is 4.55. The molecule has 1 aliphatic heterocycles. The number of carboxylic acids is 1. The molecule has 3 rings (SSSR count). The average Bonchev–Trinajstić information content (AvgIpc) is 3.05. The second kappa shape index (κ2) is 11.2. The number of carbonyl (C=O) groups excluding carboxylic acids is 2. The number of rotatable bonds is 8. The zero-order chi connectivity index (χ0) is 24.8. The molecule has 0 unspecified atom stereocenters. The first kappa shape index (κ1) is 25.3. The van der Waals surface area contributed by atoms with E-state index in [1.807, 2.05) is 0 Å². The van der Waals surface area contributed by atoms with Gasteiger partial charge in [0.05, 0.1) is 34.3 Å². The van der Waals surface area contributed by atoms with Crippen LogP contribution in [0.3, 0.4) is 0 Å². The highest BCUT2D eigenvalue weighted by atomic mass is 79.9. The minimum Gasteiger partial charge on any atom is -0.493 e. The topological polar surface area (TPSA) is 115 Å². The number of likely N-dealkylation sites (N-methyl/N-ethyl adjacent to an activating group) is 1. The Bertz CT molecular complexity index is 1200. The van der Waals surface area contributed by atoms with Gasteiger partial charge < -0.3 is 19.3 Å². The van der Waals surface area contributed by atoms with Gasteiger partial charge >= 0.3 is 11.9 Å². The molecular weight excluding hydrogens is 528 g/mol. The first-order valence-electron chi connectivity index (χ1n) is 9.99. The molecule has 0 bridgehead atoms. The van der Waals surface area contributed by atoms with Gasteiger partial charge in [-0.1, -0.05) is 6.07 Å². The van der Waals surface area contributed by atoms with Crippen LogP contribution in [0.4, 0.5) is 5.69 Å². The summed E-state index contributed by atoms with van der Waals surface area (Å²) in [5.74, 6) is -1.24. The molecule has 1 saturated heterocycles. The van der Waals surface area contributed by atoms with E-state index in [2.05, 4.69) is 20.9 Å². The largest absolute Gasteiger partial charge is 0.493 e. The number of benzene rings is 2. The Kier molecular flexibility index (Phi) is 8.35. The monoisotopic (exact) mass is 548 g/mol. The number of aliphatic imine (C=N–C) groups is 1. The second-order valence-electron chi connectivity index (χ2n) is 6.86. The van der Waals surface area contributed by atoms with Gasteiger partial charge in [0, 0.05) is 7.05 Å². The number of methoxy groups -OCH3 is 1.